The molecule has 13 heavy (non-hydrogen) atoms. The number of anilines is 1. The highest BCUT2D eigenvalue weighted by Crippen LogP contribution is 2.18. The molecule has 1 amide bonds. The first-order valence-electron chi connectivity index (χ1n) is 3.87. The fraction of sp³-hybridized carbons (Fsp3) is 0.222. The first kappa shape index (κ1) is 9.54. The summed E-state index contributed by atoms with van der Waals surface area (Å²) in [5, 5.41) is 8.44. The number of amides is 1. The van der Waals surface area contributed by atoms with Gasteiger partial charge in [-0.2, -0.15) is 0 Å². The average Bonchev–Trinajstić information content (AvgIpc) is 2.10. The number of benzene rings is 1. The van der Waals surface area contributed by atoms with Crippen molar-refractivity contribution < 1.29 is 10.0 Å². The van der Waals surface area contributed by atoms with Crippen LogP contribution < -0.4 is 11.2 Å². The molecular weight excluding hydrogens is 168 g/mol. The van der Waals surface area contributed by atoms with Crippen molar-refractivity contribution in [3.8, 4) is 0 Å². The summed E-state index contributed by atoms with van der Waals surface area (Å²) in [6, 6.07) is 3.51. The normalized spacial score (nSPS) is 9.77. The maximum Gasteiger partial charge on any atom is 0.276 e. The summed E-state index contributed by atoms with van der Waals surface area (Å²) in [7, 11) is 0. The van der Waals surface area contributed by atoms with Gasteiger partial charge in [-0.1, -0.05) is 6.07 Å². The number of nitrogens with two attached hydrogens (primary N) is 1. The van der Waals surface area contributed by atoms with Crippen molar-refractivity contribution in [2.24, 2.45) is 0 Å². The van der Waals surface area contributed by atoms with Crippen LogP contribution in [0.4, 0.5) is 5.69 Å². The molecule has 0 aliphatic rings. The number of nitrogen functional groups attached to an aromatic ring is 1. The van der Waals surface area contributed by atoms with Crippen LogP contribution in [-0.4, -0.2) is 11.1 Å². The molecule has 0 aliphatic heterocycles. The summed E-state index contributed by atoms with van der Waals surface area (Å²) >= 11 is 0. The standard InChI is InChI=1S/C9H12N2O2/c1-5-3-6(2)8(10)7(4-5)9(12)11-13/h3-4,13H,10H2,1-2H3,(H,11,12). The van der Waals surface area contributed by atoms with Gasteiger partial charge in [0.1, 0.15) is 0 Å². The Kier molecular flexibility index (Phi) is 2.53. The van der Waals surface area contributed by atoms with Crippen LogP contribution in [0.5, 0.6) is 0 Å². The lowest BCUT2D eigenvalue weighted by molar-refractivity contribution is 0.0707. The maximum atomic E-state index is 11.1. The predicted octanol–water partition coefficient (Wildman–Crippen LogP) is 1.00. The van der Waals surface area contributed by atoms with Gasteiger partial charge in [-0.3, -0.25) is 10.0 Å². The van der Waals surface area contributed by atoms with Gasteiger partial charge < -0.3 is 5.73 Å². The fourth-order valence-corrected chi connectivity index (χ4v) is 1.23. The molecule has 1 aromatic carbocycles. The number of nitrogens with one attached hydrogen (secondary N) is 1. The summed E-state index contributed by atoms with van der Waals surface area (Å²) in [4.78, 5) is 11.1. The Morgan fingerprint density at radius 3 is 2.62 bits per heavy atom. The lowest BCUT2D eigenvalue weighted by Gasteiger charge is -2.07. The summed E-state index contributed by atoms with van der Waals surface area (Å²) in [6.45, 7) is 3.68. The Morgan fingerprint density at radius 1 is 1.46 bits per heavy atom. The third kappa shape index (κ3) is 1.78. The zero-order chi connectivity index (χ0) is 10.0. The first-order chi connectivity index (χ1) is 6.06. The van der Waals surface area contributed by atoms with E-state index in [4.69, 9.17) is 10.9 Å². The van der Waals surface area contributed by atoms with Gasteiger partial charge in [0.05, 0.1) is 5.56 Å². The van der Waals surface area contributed by atoms with Gasteiger partial charge in [-0.05, 0) is 31.0 Å². The van der Waals surface area contributed by atoms with Crippen LogP contribution in [0.2, 0.25) is 0 Å². The van der Waals surface area contributed by atoms with Gasteiger partial charge in [0, 0.05) is 5.69 Å². The van der Waals surface area contributed by atoms with E-state index in [9.17, 15) is 4.79 Å². The van der Waals surface area contributed by atoms with Crippen LogP contribution in [0, 0.1) is 13.8 Å². The Balaban J connectivity index is 3.28. The maximum absolute atomic E-state index is 11.1. The predicted molar refractivity (Wildman–Crippen MR) is 49.6 cm³/mol. The van der Waals surface area contributed by atoms with E-state index in [0.29, 0.717) is 11.3 Å². The first-order valence-corrected chi connectivity index (χ1v) is 3.87. The molecular formula is C9H12N2O2. The smallest absolute Gasteiger partial charge is 0.276 e. The van der Waals surface area contributed by atoms with Crippen LogP contribution in [0.1, 0.15) is 21.5 Å². The molecule has 0 atom stereocenters. The number of carbonyl (C=O) groups excluding carboxylic acids is 1. The molecule has 4 N–H and O–H groups in total. The van der Waals surface area contributed by atoms with Crippen molar-refractivity contribution in [2.45, 2.75) is 13.8 Å². The molecule has 4 nitrogen and oxygen atoms in total. The van der Waals surface area contributed by atoms with Crippen LogP contribution in [-0.2, 0) is 0 Å². The highest BCUT2D eigenvalue weighted by molar-refractivity contribution is 5.99. The SMILES string of the molecule is Cc1cc(C)c(N)c(C(=O)NO)c1. The van der Waals surface area contributed by atoms with Gasteiger partial charge in [0.25, 0.3) is 5.91 Å². The topological polar surface area (TPSA) is 75.4 Å². The molecule has 70 valence electrons. The van der Waals surface area contributed by atoms with Crippen LogP contribution in [0.25, 0.3) is 0 Å². The molecule has 0 aliphatic carbocycles. The van der Waals surface area contributed by atoms with E-state index in [2.05, 4.69) is 0 Å². The van der Waals surface area contributed by atoms with E-state index in [1.165, 1.54) is 0 Å². The number of aryl methyl sites for hydroxylation is 2. The van der Waals surface area contributed by atoms with E-state index >= 15 is 0 Å². The number of hydrogen-bond donors (Lipinski definition) is 3. The molecule has 0 spiro atoms. The van der Waals surface area contributed by atoms with E-state index < -0.39 is 5.91 Å². The minimum absolute atomic E-state index is 0.306. The van der Waals surface area contributed by atoms with Crippen molar-refractivity contribution >= 4 is 11.6 Å². The fourth-order valence-electron chi connectivity index (χ4n) is 1.23. The molecule has 0 unspecified atom stereocenters. The summed E-state index contributed by atoms with van der Waals surface area (Å²) in [5.74, 6) is -0.579. The summed E-state index contributed by atoms with van der Waals surface area (Å²) in [5.41, 5.74) is 9.69. The largest absolute Gasteiger partial charge is 0.398 e. The number of hydrogen-bond acceptors (Lipinski definition) is 3. The van der Waals surface area contributed by atoms with Crippen molar-refractivity contribution in [3.05, 3.63) is 28.8 Å². The zero-order valence-electron chi connectivity index (χ0n) is 7.59. The summed E-state index contributed by atoms with van der Waals surface area (Å²) < 4.78 is 0. The van der Waals surface area contributed by atoms with Crippen molar-refractivity contribution in [2.75, 3.05) is 5.73 Å². The highest BCUT2D eigenvalue weighted by atomic mass is 16.5. The Hall–Kier alpha value is -1.55. The number of carbonyl (C=O) groups is 1. The van der Waals surface area contributed by atoms with Gasteiger partial charge >= 0.3 is 0 Å². The minimum Gasteiger partial charge on any atom is -0.398 e. The second-order valence-electron chi connectivity index (χ2n) is 2.98. The molecule has 0 saturated carbocycles. The van der Waals surface area contributed by atoms with Gasteiger partial charge in [0.2, 0.25) is 0 Å². The second kappa shape index (κ2) is 3.45. The molecule has 0 saturated heterocycles. The van der Waals surface area contributed by atoms with Crippen LogP contribution in [0.15, 0.2) is 12.1 Å². The minimum atomic E-state index is -0.579. The quantitative estimate of drug-likeness (QED) is 0.343. The third-order valence-electron chi connectivity index (χ3n) is 1.88. The molecule has 0 fully saturated rings. The molecule has 0 heterocycles. The average molecular weight is 180 g/mol. The zero-order valence-corrected chi connectivity index (χ0v) is 7.59. The van der Waals surface area contributed by atoms with Crippen molar-refractivity contribution in [3.63, 3.8) is 0 Å². The highest BCUT2D eigenvalue weighted by Gasteiger charge is 2.10. The molecule has 1 aromatic rings. The van der Waals surface area contributed by atoms with E-state index in [1.54, 1.807) is 11.5 Å². The molecule has 1 rings (SSSR count). The molecule has 0 aromatic heterocycles. The molecule has 0 radical (unpaired) electrons. The van der Waals surface area contributed by atoms with E-state index in [-0.39, 0.29) is 0 Å². The van der Waals surface area contributed by atoms with E-state index in [1.807, 2.05) is 19.9 Å². The molecule has 0 bridgehead atoms. The number of hydroxylamine groups is 1. The van der Waals surface area contributed by atoms with E-state index in [0.717, 1.165) is 11.1 Å². The third-order valence-corrected chi connectivity index (χ3v) is 1.88. The van der Waals surface area contributed by atoms with Gasteiger partial charge in [-0.15, -0.1) is 0 Å². The lowest BCUT2D eigenvalue weighted by atomic mass is 10.0. The Labute approximate surface area is 76.3 Å². The summed E-state index contributed by atoms with van der Waals surface area (Å²) in [6.07, 6.45) is 0. The van der Waals surface area contributed by atoms with Crippen molar-refractivity contribution in [1.29, 1.82) is 0 Å². The monoisotopic (exact) mass is 180 g/mol. The Morgan fingerprint density at radius 2 is 2.08 bits per heavy atom. The van der Waals surface area contributed by atoms with Crippen LogP contribution in [0.3, 0.4) is 0 Å². The molecule has 4 heteroatoms. The number of rotatable bonds is 1. The lowest BCUT2D eigenvalue weighted by Crippen LogP contribution is -2.20. The second-order valence-corrected chi connectivity index (χ2v) is 2.98. The Bertz CT molecular complexity index is 348. The van der Waals surface area contributed by atoms with Gasteiger partial charge in [-0.25, -0.2) is 5.48 Å². The van der Waals surface area contributed by atoms with Gasteiger partial charge in [0.15, 0.2) is 0 Å². The van der Waals surface area contributed by atoms with Crippen molar-refractivity contribution in [1.82, 2.24) is 5.48 Å². The van der Waals surface area contributed by atoms with Crippen LogP contribution >= 0.6 is 0 Å².